The van der Waals surface area contributed by atoms with Gasteiger partial charge in [-0.15, -0.1) is 12.4 Å². The fourth-order valence-electron chi connectivity index (χ4n) is 3.33. The van der Waals surface area contributed by atoms with Crippen molar-refractivity contribution in [3.05, 3.63) is 0 Å². The van der Waals surface area contributed by atoms with E-state index in [4.69, 9.17) is 4.74 Å². The molecule has 1 aliphatic heterocycles. The molecule has 0 aromatic carbocycles. The molecule has 2 aliphatic rings. The third kappa shape index (κ3) is 5.02. The van der Waals surface area contributed by atoms with Crippen LogP contribution in [0.4, 0.5) is 0 Å². The van der Waals surface area contributed by atoms with Crippen molar-refractivity contribution >= 4 is 30.1 Å². The summed E-state index contributed by atoms with van der Waals surface area (Å²) in [6.45, 7) is 3.93. The van der Waals surface area contributed by atoms with Gasteiger partial charge in [0.25, 0.3) is 5.91 Å². The number of nitrogens with one attached hydrogen (secondary N) is 2. The van der Waals surface area contributed by atoms with Crippen molar-refractivity contribution in [2.24, 2.45) is 0 Å². The average Bonchev–Trinajstić information content (AvgIpc) is 2.48. The molecule has 2 rings (SSSR count). The number of amides is 1. The highest BCUT2D eigenvalue weighted by Gasteiger charge is 2.40. The molecule has 2 atom stereocenters. The number of hydrogen-bond donors (Lipinski definition) is 2. The molecule has 4 nitrogen and oxygen atoms in total. The summed E-state index contributed by atoms with van der Waals surface area (Å²) >= 11 is 2.03. The summed E-state index contributed by atoms with van der Waals surface area (Å²) in [4.78, 5) is 12.6. The van der Waals surface area contributed by atoms with Crippen LogP contribution in [-0.4, -0.2) is 48.8 Å². The Morgan fingerprint density at radius 1 is 1.38 bits per heavy atom. The molecule has 1 saturated carbocycles. The van der Waals surface area contributed by atoms with Crippen molar-refractivity contribution < 1.29 is 9.53 Å². The van der Waals surface area contributed by atoms with E-state index in [1.165, 1.54) is 18.6 Å². The van der Waals surface area contributed by atoms with E-state index in [9.17, 15) is 4.79 Å². The van der Waals surface area contributed by atoms with Gasteiger partial charge in [0, 0.05) is 18.4 Å². The van der Waals surface area contributed by atoms with E-state index in [0.717, 1.165) is 38.8 Å². The van der Waals surface area contributed by atoms with Gasteiger partial charge in [0.05, 0.1) is 0 Å². The zero-order valence-corrected chi connectivity index (χ0v) is 14.8. The molecular weight excluding hydrogens is 308 g/mol. The van der Waals surface area contributed by atoms with Crippen molar-refractivity contribution in [2.75, 3.05) is 26.0 Å². The topological polar surface area (TPSA) is 50.4 Å². The summed E-state index contributed by atoms with van der Waals surface area (Å²) in [7, 11) is 1.67. The molecule has 2 unspecified atom stereocenters. The summed E-state index contributed by atoms with van der Waals surface area (Å²) in [6.07, 6.45) is 6.30. The number of carbonyl (C=O) groups excluding carboxylic acids is 1. The first kappa shape index (κ1) is 19.1. The summed E-state index contributed by atoms with van der Waals surface area (Å²) < 4.78 is 5.60. The highest BCUT2D eigenvalue weighted by atomic mass is 35.5. The number of thioether (sulfide) groups is 1. The van der Waals surface area contributed by atoms with Crippen LogP contribution in [0.5, 0.6) is 0 Å². The van der Waals surface area contributed by atoms with Gasteiger partial charge in [-0.3, -0.25) is 4.79 Å². The van der Waals surface area contributed by atoms with E-state index in [-0.39, 0.29) is 18.3 Å². The number of piperidine rings is 1. The third-order valence-corrected chi connectivity index (χ3v) is 5.81. The van der Waals surface area contributed by atoms with Crippen molar-refractivity contribution in [1.29, 1.82) is 0 Å². The second-order valence-electron chi connectivity index (χ2n) is 5.86. The maximum Gasteiger partial charge on any atom is 0.252 e. The second-order valence-corrected chi connectivity index (χ2v) is 7.44. The Morgan fingerprint density at radius 3 is 2.71 bits per heavy atom. The number of carbonyl (C=O) groups is 1. The fourth-order valence-corrected chi connectivity index (χ4v) is 4.51. The van der Waals surface area contributed by atoms with Crippen LogP contribution in [0.1, 0.15) is 45.4 Å². The molecule has 0 aromatic heterocycles. The molecule has 2 fully saturated rings. The smallest absolute Gasteiger partial charge is 0.252 e. The van der Waals surface area contributed by atoms with Gasteiger partial charge >= 0.3 is 0 Å². The average molecular weight is 337 g/mol. The molecule has 1 amide bonds. The minimum absolute atomic E-state index is 0. The second kappa shape index (κ2) is 9.23. The molecule has 0 bridgehead atoms. The van der Waals surface area contributed by atoms with Crippen molar-refractivity contribution in [3.8, 4) is 0 Å². The van der Waals surface area contributed by atoms with Crippen LogP contribution in [-0.2, 0) is 9.53 Å². The van der Waals surface area contributed by atoms with Gasteiger partial charge in [-0.1, -0.05) is 13.3 Å². The van der Waals surface area contributed by atoms with Crippen LogP contribution in [0, 0.1) is 0 Å². The Balaban J connectivity index is 0.00000220. The van der Waals surface area contributed by atoms with E-state index >= 15 is 0 Å². The van der Waals surface area contributed by atoms with Gasteiger partial charge in [-0.2, -0.15) is 11.8 Å². The van der Waals surface area contributed by atoms with E-state index in [1.54, 1.807) is 7.11 Å². The minimum Gasteiger partial charge on any atom is -0.368 e. The number of rotatable bonds is 5. The molecule has 124 valence electrons. The lowest BCUT2D eigenvalue weighted by Gasteiger charge is -2.37. The first-order chi connectivity index (χ1) is 9.70. The summed E-state index contributed by atoms with van der Waals surface area (Å²) in [6, 6.07) is 0.335. The monoisotopic (exact) mass is 336 g/mol. The van der Waals surface area contributed by atoms with E-state index in [2.05, 4.69) is 17.6 Å². The number of ether oxygens (including phenoxy) is 1. The van der Waals surface area contributed by atoms with Crippen molar-refractivity contribution in [1.82, 2.24) is 10.6 Å². The minimum atomic E-state index is -0.601. The van der Waals surface area contributed by atoms with Crippen LogP contribution in [0.3, 0.4) is 0 Å². The van der Waals surface area contributed by atoms with Crippen LogP contribution < -0.4 is 10.6 Å². The van der Waals surface area contributed by atoms with Gasteiger partial charge < -0.3 is 15.4 Å². The lowest BCUT2D eigenvalue weighted by molar-refractivity contribution is -0.147. The van der Waals surface area contributed by atoms with Gasteiger partial charge in [0.1, 0.15) is 5.60 Å². The highest BCUT2D eigenvalue weighted by molar-refractivity contribution is 7.99. The van der Waals surface area contributed by atoms with Crippen molar-refractivity contribution in [3.63, 3.8) is 0 Å². The van der Waals surface area contributed by atoms with E-state index < -0.39 is 5.60 Å². The van der Waals surface area contributed by atoms with E-state index in [0.29, 0.717) is 11.3 Å². The Labute approximate surface area is 138 Å². The first-order valence-electron chi connectivity index (χ1n) is 7.88. The normalized spacial score (nSPS) is 28.5. The maximum atomic E-state index is 12.6. The standard InChI is InChI=1S/C15H28N2O2S.ClH/c1-3-20-13-6-4-5-12(11-13)17-14(18)15(19-2)7-9-16-10-8-15;/h12-13,16H,3-11H2,1-2H3,(H,17,18);1H. The van der Waals surface area contributed by atoms with E-state index in [1.807, 2.05) is 11.8 Å². The summed E-state index contributed by atoms with van der Waals surface area (Å²) in [5.41, 5.74) is -0.601. The maximum absolute atomic E-state index is 12.6. The highest BCUT2D eigenvalue weighted by Crippen LogP contribution is 2.29. The molecule has 0 spiro atoms. The van der Waals surface area contributed by atoms with Gasteiger partial charge in [0.2, 0.25) is 0 Å². The molecule has 21 heavy (non-hydrogen) atoms. The fraction of sp³-hybridized carbons (Fsp3) is 0.933. The van der Waals surface area contributed by atoms with Gasteiger partial charge in [-0.25, -0.2) is 0 Å². The molecular formula is C15H29ClN2O2S. The van der Waals surface area contributed by atoms with Crippen LogP contribution in [0.25, 0.3) is 0 Å². The number of methoxy groups -OCH3 is 1. The first-order valence-corrected chi connectivity index (χ1v) is 8.93. The molecule has 1 saturated heterocycles. The molecule has 0 aromatic rings. The summed E-state index contributed by atoms with van der Waals surface area (Å²) in [5.74, 6) is 1.27. The molecule has 6 heteroatoms. The van der Waals surface area contributed by atoms with Crippen LogP contribution >= 0.6 is 24.2 Å². The lowest BCUT2D eigenvalue weighted by atomic mass is 9.89. The third-order valence-electron chi connectivity index (χ3n) is 4.58. The SMILES string of the molecule is CCSC1CCCC(NC(=O)C2(OC)CCNCC2)C1.Cl. The molecule has 2 N–H and O–H groups in total. The zero-order valence-electron chi connectivity index (χ0n) is 13.2. The van der Waals surface area contributed by atoms with Crippen LogP contribution in [0.2, 0.25) is 0 Å². The molecule has 1 heterocycles. The zero-order chi connectivity index (χ0) is 14.4. The largest absolute Gasteiger partial charge is 0.368 e. The van der Waals surface area contributed by atoms with Gasteiger partial charge in [-0.05, 0) is 50.9 Å². The van der Waals surface area contributed by atoms with Crippen molar-refractivity contribution in [2.45, 2.75) is 62.3 Å². The molecule has 0 radical (unpaired) electrons. The quantitative estimate of drug-likeness (QED) is 0.809. The number of halogens is 1. The lowest BCUT2D eigenvalue weighted by Crippen LogP contribution is -2.56. The van der Waals surface area contributed by atoms with Crippen LogP contribution in [0.15, 0.2) is 0 Å². The Hall–Kier alpha value is 0.0300. The Morgan fingerprint density at radius 2 is 2.10 bits per heavy atom. The Kier molecular flexibility index (Phi) is 8.39. The predicted molar refractivity (Wildman–Crippen MR) is 91.4 cm³/mol. The van der Waals surface area contributed by atoms with Gasteiger partial charge in [0.15, 0.2) is 0 Å². The predicted octanol–water partition coefficient (Wildman–Crippen LogP) is 2.36. The Bertz CT molecular complexity index is 323. The number of hydrogen-bond acceptors (Lipinski definition) is 4. The summed E-state index contributed by atoms with van der Waals surface area (Å²) in [5, 5.41) is 7.27. The molecule has 1 aliphatic carbocycles.